The Morgan fingerprint density at radius 3 is 2.43 bits per heavy atom. The molecular formula is C27H26Cl2N4O2. The van der Waals surface area contributed by atoms with Crippen molar-refractivity contribution in [3.8, 4) is 11.6 Å². The van der Waals surface area contributed by atoms with Crippen LogP contribution in [0.4, 0.5) is 5.82 Å². The molecule has 0 atom stereocenters. The molecule has 1 aliphatic rings. The van der Waals surface area contributed by atoms with Crippen LogP contribution in [0.15, 0.2) is 79.0 Å². The van der Waals surface area contributed by atoms with Gasteiger partial charge in [-0.3, -0.25) is 4.79 Å². The Morgan fingerprint density at radius 2 is 1.63 bits per heavy atom. The number of benzene rings is 2. The Kier molecular flexibility index (Phi) is 8.06. The molecule has 0 bridgehead atoms. The minimum Gasteiger partial charge on any atom is -0.438 e. The van der Waals surface area contributed by atoms with Crippen LogP contribution in [-0.4, -0.2) is 28.0 Å². The maximum Gasteiger partial charge on any atom is 0.257 e. The number of pyridine rings is 2. The van der Waals surface area contributed by atoms with Crippen LogP contribution < -0.4 is 15.4 Å². The van der Waals surface area contributed by atoms with Crippen molar-refractivity contribution in [2.45, 2.75) is 37.8 Å². The zero-order chi connectivity index (χ0) is 23.3. The van der Waals surface area contributed by atoms with Gasteiger partial charge >= 0.3 is 0 Å². The number of carbonyl (C=O) groups excluding carboxylic acids is 1. The lowest BCUT2D eigenvalue weighted by Crippen LogP contribution is -2.40. The number of nitrogens with zero attached hydrogens (tertiary/aromatic N) is 2. The predicted octanol–water partition coefficient (Wildman–Crippen LogP) is 6.65. The Morgan fingerprint density at radius 1 is 0.914 bits per heavy atom. The summed E-state index contributed by atoms with van der Waals surface area (Å²) >= 11 is 6.44. The highest BCUT2D eigenvalue weighted by Gasteiger charge is 2.24. The number of ether oxygens (including phenoxy) is 1. The number of carbonyl (C=O) groups is 1. The molecule has 1 aliphatic carbocycles. The molecule has 2 aromatic carbocycles. The maximum absolute atomic E-state index is 13.0. The average Bonchev–Trinajstić information content (AvgIpc) is 2.86. The fraction of sp³-hybridized carbons (Fsp3) is 0.222. The van der Waals surface area contributed by atoms with Gasteiger partial charge in [0, 0.05) is 23.7 Å². The van der Waals surface area contributed by atoms with Crippen LogP contribution >= 0.6 is 24.0 Å². The first kappa shape index (κ1) is 24.8. The number of amides is 1. The fourth-order valence-corrected chi connectivity index (χ4v) is 4.57. The highest BCUT2D eigenvalue weighted by atomic mass is 35.5. The summed E-state index contributed by atoms with van der Waals surface area (Å²) in [7, 11) is 0. The number of hydrogen-bond donors (Lipinski definition) is 2. The molecule has 180 valence electrons. The summed E-state index contributed by atoms with van der Waals surface area (Å²) in [6, 6.07) is 23.0. The van der Waals surface area contributed by atoms with Gasteiger partial charge in [-0.25, -0.2) is 9.97 Å². The summed E-state index contributed by atoms with van der Waals surface area (Å²) in [5.74, 6) is 1.57. The molecule has 0 aliphatic heterocycles. The number of rotatable bonds is 6. The topological polar surface area (TPSA) is 76.1 Å². The molecule has 4 aromatic rings. The normalized spacial score (nSPS) is 17.3. The number of fused-ring (bicyclic) bond motifs is 1. The van der Waals surface area contributed by atoms with Gasteiger partial charge in [-0.1, -0.05) is 48.0 Å². The fourth-order valence-electron chi connectivity index (χ4n) is 4.31. The molecule has 6 nitrogen and oxygen atoms in total. The Hall–Kier alpha value is -3.35. The molecule has 35 heavy (non-hydrogen) atoms. The molecule has 1 amide bonds. The Bertz CT molecular complexity index is 1290. The summed E-state index contributed by atoms with van der Waals surface area (Å²) in [4.78, 5) is 21.9. The molecule has 0 saturated heterocycles. The molecule has 1 saturated carbocycles. The number of nitrogens with one attached hydrogen (secondary N) is 2. The van der Waals surface area contributed by atoms with Crippen LogP contribution in [-0.2, 0) is 0 Å². The molecule has 5 rings (SSSR count). The number of anilines is 1. The van der Waals surface area contributed by atoms with E-state index >= 15 is 0 Å². The first-order valence-corrected chi connectivity index (χ1v) is 11.8. The van der Waals surface area contributed by atoms with E-state index in [0.29, 0.717) is 22.2 Å². The van der Waals surface area contributed by atoms with E-state index in [-0.39, 0.29) is 30.4 Å². The molecule has 0 spiro atoms. The summed E-state index contributed by atoms with van der Waals surface area (Å²) in [5, 5.41) is 8.32. The first-order chi connectivity index (χ1) is 16.7. The molecule has 0 radical (unpaired) electrons. The van der Waals surface area contributed by atoms with Crippen LogP contribution in [0.3, 0.4) is 0 Å². The standard InChI is InChI=1S/C27H25ClN4O2.ClH/c28-23-17-25(32-24-11-5-4-9-21(23)24)30-18-12-14-19(15-13-18)31-26(33)22-10-6-16-29-27(22)34-20-7-2-1-3-8-20;/h1-11,16-19H,12-15H2,(H,30,32)(H,31,33);1H/t18-,19+;. The minimum absolute atomic E-state index is 0. The second-order valence-electron chi connectivity index (χ2n) is 8.44. The SMILES string of the molecule is Cl.O=C(N[C@H]1CC[C@@H](Nc2cc(Cl)c3ccccc3n2)CC1)c1cccnc1Oc1ccccc1. The number of halogens is 2. The van der Waals surface area contributed by atoms with Crippen molar-refractivity contribution in [2.24, 2.45) is 0 Å². The molecule has 2 N–H and O–H groups in total. The first-order valence-electron chi connectivity index (χ1n) is 11.5. The van der Waals surface area contributed by atoms with Crippen molar-refractivity contribution < 1.29 is 9.53 Å². The van der Waals surface area contributed by atoms with Gasteiger partial charge in [0.15, 0.2) is 0 Å². The zero-order valence-corrected chi connectivity index (χ0v) is 20.6. The molecule has 2 heterocycles. The highest BCUT2D eigenvalue weighted by Crippen LogP contribution is 2.28. The van der Waals surface area contributed by atoms with E-state index in [1.165, 1.54) is 0 Å². The van der Waals surface area contributed by atoms with E-state index in [4.69, 9.17) is 21.3 Å². The summed E-state index contributed by atoms with van der Waals surface area (Å²) in [6.45, 7) is 0. The summed E-state index contributed by atoms with van der Waals surface area (Å²) in [5.41, 5.74) is 1.31. The third-order valence-corrected chi connectivity index (χ3v) is 6.37. The van der Waals surface area contributed by atoms with Crippen molar-refractivity contribution in [3.05, 3.63) is 89.6 Å². The average molecular weight is 509 g/mol. The lowest BCUT2D eigenvalue weighted by atomic mass is 9.91. The van der Waals surface area contributed by atoms with E-state index < -0.39 is 0 Å². The van der Waals surface area contributed by atoms with Gasteiger partial charge in [0.2, 0.25) is 5.88 Å². The van der Waals surface area contributed by atoms with Gasteiger partial charge in [-0.15, -0.1) is 12.4 Å². The molecule has 0 unspecified atom stereocenters. The third-order valence-electron chi connectivity index (χ3n) is 6.05. The zero-order valence-electron chi connectivity index (χ0n) is 19.0. The Labute approximate surface area is 215 Å². The van der Waals surface area contributed by atoms with Crippen molar-refractivity contribution in [1.82, 2.24) is 15.3 Å². The van der Waals surface area contributed by atoms with Gasteiger partial charge < -0.3 is 15.4 Å². The maximum atomic E-state index is 13.0. The van der Waals surface area contributed by atoms with E-state index in [2.05, 4.69) is 15.6 Å². The van der Waals surface area contributed by atoms with E-state index in [1.54, 1.807) is 18.3 Å². The van der Waals surface area contributed by atoms with Crippen molar-refractivity contribution in [3.63, 3.8) is 0 Å². The van der Waals surface area contributed by atoms with E-state index in [0.717, 1.165) is 42.4 Å². The van der Waals surface area contributed by atoms with Crippen LogP contribution in [0.25, 0.3) is 10.9 Å². The molecular weight excluding hydrogens is 483 g/mol. The van der Waals surface area contributed by atoms with E-state index in [9.17, 15) is 4.79 Å². The molecule has 1 fully saturated rings. The van der Waals surface area contributed by atoms with Gasteiger partial charge in [0.25, 0.3) is 5.91 Å². The highest BCUT2D eigenvalue weighted by molar-refractivity contribution is 6.35. The van der Waals surface area contributed by atoms with E-state index in [1.807, 2.05) is 60.7 Å². The van der Waals surface area contributed by atoms with Crippen molar-refractivity contribution in [2.75, 3.05) is 5.32 Å². The van der Waals surface area contributed by atoms with Crippen LogP contribution in [0, 0.1) is 0 Å². The van der Waals surface area contributed by atoms with Gasteiger partial charge in [-0.05, 0) is 62.1 Å². The predicted molar refractivity (Wildman–Crippen MR) is 142 cm³/mol. The second kappa shape index (κ2) is 11.4. The summed E-state index contributed by atoms with van der Waals surface area (Å²) < 4.78 is 5.84. The lowest BCUT2D eigenvalue weighted by Gasteiger charge is -2.30. The van der Waals surface area contributed by atoms with Crippen molar-refractivity contribution >= 4 is 46.6 Å². The second-order valence-corrected chi connectivity index (χ2v) is 8.85. The largest absolute Gasteiger partial charge is 0.438 e. The van der Waals surface area contributed by atoms with Gasteiger partial charge in [-0.2, -0.15) is 0 Å². The van der Waals surface area contributed by atoms with Crippen molar-refractivity contribution in [1.29, 1.82) is 0 Å². The van der Waals surface area contributed by atoms with Crippen LogP contribution in [0.1, 0.15) is 36.0 Å². The smallest absolute Gasteiger partial charge is 0.257 e. The van der Waals surface area contributed by atoms with Crippen LogP contribution in [0.5, 0.6) is 11.6 Å². The monoisotopic (exact) mass is 508 g/mol. The van der Waals surface area contributed by atoms with Gasteiger partial charge in [0.05, 0.1) is 10.5 Å². The number of para-hydroxylation sites is 2. The summed E-state index contributed by atoms with van der Waals surface area (Å²) in [6.07, 6.45) is 5.23. The third kappa shape index (κ3) is 6.02. The lowest BCUT2D eigenvalue weighted by molar-refractivity contribution is 0.0923. The van der Waals surface area contributed by atoms with Crippen LogP contribution in [0.2, 0.25) is 5.02 Å². The molecule has 8 heteroatoms. The van der Waals surface area contributed by atoms with Gasteiger partial charge in [0.1, 0.15) is 17.1 Å². The number of aromatic nitrogens is 2. The minimum atomic E-state index is -0.168. The quantitative estimate of drug-likeness (QED) is 0.304. The molecule has 2 aromatic heterocycles. The number of hydrogen-bond acceptors (Lipinski definition) is 5. The Balaban J connectivity index is 0.00000289.